The molecule has 0 radical (unpaired) electrons. The van der Waals surface area contributed by atoms with Crippen LogP contribution < -0.4 is 0 Å². The van der Waals surface area contributed by atoms with Crippen LogP contribution in [0.4, 0.5) is 4.39 Å². The normalized spacial score (nSPS) is 16.5. The Morgan fingerprint density at radius 1 is 1.23 bits per heavy atom. The lowest BCUT2D eigenvalue weighted by Crippen LogP contribution is -2.52. The van der Waals surface area contributed by atoms with E-state index in [0.29, 0.717) is 26.2 Å². The molecule has 1 fully saturated rings. The van der Waals surface area contributed by atoms with Crippen molar-refractivity contribution >= 4 is 35.2 Å². The molecule has 0 spiro atoms. The maximum Gasteiger partial charge on any atom is 0.256 e. The number of carbonyl (C=O) groups is 2. The summed E-state index contributed by atoms with van der Waals surface area (Å²) in [4.78, 5) is 27.8. The summed E-state index contributed by atoms with van der Waals surface area (Å²) in [6, 6.07) is 4.03. The summed E-state index contributed by atoms with van der Waals surface area (Å²) in [5, 5.41) is 0.173. The summed E-state index contributed by atoms with van der Waals surface area (Å²) in [5.74, 6) is -0.900. The van der Waals surface area contributed by atoms with Crippen LogP contribution >= 0.6 is 23.4 Å². The Morgan fingerprint density at radius 2 is 1.82 bits per heavy atom. The van der Waals surface area contributed by atoms with Gasteiger partial charge in [0.1, 0.15) is 5.82 Å². The lowest BCUT2D eigenvalue weighted by Gasteiger charge is -2.35. The van der Waals surface area contributed by atoms with Crippen molar-refractivity contribution in [1.29, 1.82) is 0 Å². The molecule has 0 aliphatic carbocycles. The van der Waals surface area contributed by atoms with Gasteiger partial charge in [0, 0.05) is 31.2 Å². The zero-order valence-corrected chi connectivity index (χ0v) is 14.1. The molecule has 1 aromatic rings. The predicted octanol–water partition coefficient (Wildman–Crippen LogP) is 2.52. The summed E-state index contributed by atoms with van der Waals surface area (Å²) < 4.78 is 13.8. The van der Waals surface area contributed by atoms with Gasteiger partial charge in [0.25, 0.3) is 5.91 Å². The van der Waals surface area contributed by atoms with E-state index in [1.807, 2.05) is 13.2 Å². The van der Waals surface area contributed by atoms with Crippen molar-refractivity contribution < 1.29 is 14.0 Å². The van der Waals surface area contributed by atoms with E-state index in [9.17, 15) is 14.0 Å². The smallest absolute Gasteiger partial charge is 0.256 e. The van der Waals surface area contributed by atoms with Gasteiger partial charge in [0.15, 0.2) is 0 Å². The van der Waals surface area contributed by atoms with Gasteiger partial charge in [0.2, 0.25) is 5.91 Å². The molecule has 2 rings (SSSR count). The van der Waals surface area contributed by atoms with Gasteiger partial charge >= 0.3 is 0 Å². The van der Waals surface area contributed by atoms with Crippen LogP contribution in [0.5, 0.6) is 0 Å². The first-order chi connectivity index (χ1) is 10.4. The standard InChI is InChI=1S/C15H18ClFN2O2S/c1-10(22-2)14(20)18-5-7-19(8-6-18)15(21)12-4-3-11(16)9-13(12)17/h3-4,9-10H,5-8H2,1-2H3/t10-/m0/s1. The molecule has 7 heteroatoms. The minimum absolute atomic E-state index is 0.0154. The van der Waals surface area contributed by atoms with Crippen molar-refractivity contribution in [3.05, 3.63) is 34.6 Å². The van der Waals surface area contributed by atoms with Crippen molar-refractivity contribution in [1.82, 2.24) is 9.80 Å². The van der Waals surface area contributed by atoms with E-state index in [1.54, 1.807) is 9.80 Å². The maximum absolute atomic E-state index is 13.8. The Bertz CT molecular complexity index is 577. The number of rotatable bonds is 3. The summed E-state index contributed by atoms with van der Waals surface area (Å²) >= 11 is 7.19. The van der Waals surface area contributed by atoms with Crippen LogP contribution in [0, 0.1) is 5.82 Å². The first-order valence-electron chi connectivity index (χ1n) is 7.00. The Morgan fingerprint density at radius 3 is 2.36 bits per heavy atom. The molecule has 0 N–H and O–H groups in total. The van der Waals surface area contributed by atoms with Crippen LogP contribution in [0.3, 0.4) is 0 Å². The molecule has 0 unspecified atom stereocenters. The van der Waals surface area contributed by atoms with Crippen LogP contribution in [-0.4, -0.2) is 59.3 Å². The summed E-state index contributed by atoms with van der Waals surface area (Å²) in [7, 11) is 0. The topological polar surface area (TPSA) is 40.6 Å². The molecule has 1 atom stereocenters. The highest BCUT2D eigenvalue weighted by Crippen LogP contribution is 2.18. The Kier molecular flexibility index (Phi) is 5.69. The predicted molar refractivity (Wildman–Crippen MR) is 86.9 cm³/mol. The minimum atomic E-state index is -0.619. The summed E-state index contributed by atoms with van der Waals surface area (Å²) in [5.41, 5.74) is 0.0154. The van der Waals surface area contributed by atoms with Crippen molar-refractivity contribution in [3.63, 3.8) is 0 Å². The second-order valence-corrected chi connectivity index (χ2v) is 6.73. The molecule has 1 saturated heterocycles. The van der Waals surface area contributed by atoms with Crippen molar-refractivity contribution in [2.75, 3.05) is 32.4 Å². The Hall–Kier alpha value is -1.27. The molecule has 1 aromatic carbocycles. The molecule has 120 valence electrons. The zero-order chi connectivity index (χ0) is 16.3. The lowest BCUT2D eigenvalue weighted by molar-refractivity contribution is -0.131. The molecule has 0 aromatic heterocycles. The number of benzene rings is 1. The second kappa shape index (κ2) is 7.33. The number of amides is 2. The van der Waals surface area contributed by atoms with Gasteiger partial charge < -0.3 is 9.80 Å². The third-order valence-electron chi connectivity index (χ3n) is 3.74. The van der Waals surface area contributed by atoms with Gasteiger partial charge in [-0.1, -0.05) is 11.6 Å². The van der Waals surface area contributed by atoms with Crippen LogP contribution in [-0.2, 0) is 4.79 Å². The first-order valence-corrected chi connectivity index (χ1v) is 8.66. The molecule has 1 aliphatic heterocycles. The average molecular weight is 345 g/mol. The number of halogens is 2. The molecule has 2 amide bonds. The third-order valence-corrected chi connectivity index (χ3v) is 4.89. The van der Waals surface area contributed by atoms with E-state index < -0.39 is 5.82 Å². The van der Waals surface area contributed by atoms with E-state index in [2.05, 4.69) is 0 Å². The molecule has 0 saturated carbocycles. The fourth-order valence-electron chi connectivity index (χ4n) is 2.32. The highest BCUT2D eigenvalue weighted by Gasteiger charge is 2.28. The Labute approximate surface area is 138 Å². The molecule has 1 heterocycles. The average Bonchev–Trinajstić information content (AvgIpc) is 2.53. The minimum Gasteiger partial charge on any atom is -0.338 e. The fourth-order valence-corrected chi connectivity index (χ4v) is 2.83. The summed E-state index contributed by atoms with van der Waals surface area (Å²) in [6.07, 6.45) is 1.89. The van der Waals surface area contributed by atoms with Crippen molar-refractivity contribution in [2.45, 2.75) is 12.2 Å². The number of hydrogen-bond acceptors (Lipinski definition) is 3. The van der Waals surface area contributed by atoms with E-state index in [1.165, 1.54) is 23.9 Å². The highest BCUT2D eigenvalue weighted by molar-refractivity contribution is 7.99. The second-order valence-electron chi connectivity index (χ2n) is 5.12. The third kappa shape index (κ3) is 3.73. The molecule has 4 nitrogen and oxygen atoms in total. The zero-order valence-electron chi connectivity index (χ0n) is 12.5. The Balaban J connectivity index is 1.99. The van der Waals surface area contributed by atoms with E-state index in [0.717, 1.165) is 6.07 Å². The van der Waals surface area contributed by atoms with Crippen LogP contribution in [0.1, 0.15) is 17.3 Å². The van der Waals surface area contributed by atoms with Gasteiger partial charge in [-0.25, -0.2) is 4.39 Å². The molecular weight excluding hydrogens is 327 g/mol. The first kappa shape index (κ1) is 17.1. The molecule has 0 bridgehead atoms. The van der Waals surface area contributed by atoms with E-state index in [-0.39, 0.29) is 27.7 Å². The molecule has 1 aliphatic rings. The number of nitrogens with zero attached hydrogens (tertiary/aromatic N) is 2. The van der Waals surface area contributed by atoms with Gasteiger partial charge in [-0.05, 0) is 31.4 Å². The van der Waals surface area contributed by atoms with Gasteiger partial charge in [-0.15, -0.1) is 0 Å². The monoisotopic (exact) mass is 344 g/mol. The number of piperazine rings is 1. The van der Waals surface area contributed by atoms with Gasteiger partial charge in [0.05, 0.1) is 10.8 Å². The van der Waals surface area contributed by atoms with Crippen molar-refractivity contribution in [2.24, 2.45) is 0 Å². The lowest BCUT2D eigenvalue weighted by atomic mass is 10.1. The van der Waals surface area contributed by atoms with E-state index >= 15 is 0 Å². The maximum atomic E-state index is 13.8. The number of thioether (sulfide) groups is 1. The fraction of sp³-hybridized carbons (Fsp3) is 0.467. The molecule has 22 heavy (non-hydrogen) atoms. The number of hydrogen-bond donors (Lipinski definition) is 0. The van der Waals surface area contributed by atoms with Crippen LogP contribution in [0.2, 0.25) is 5.02 Å². The summed E-state index contributed by atoms with van der Waals surface area (Å²) in [6.45, 7) is 3.64. The quantitative estimate of drug-likeness (QED) is 0.846. The van der Waals surface area contributed by atoms with E-state index in [4.69, 9.17) is 11.6 Å². The van der Waals surface area contributed by atoms with Crippen molar-refractivity contribution in [3.8, 4) is 0 Å². The highest BCUT2D eigenvalue weighted by atomic mass is 35.5. The van der Waals surface area contributed by atoms with Gasteiger partial charge in [-0.2, -0.15) is 11.8 Å². The molecular formula is C15H18ClFN2O2S. The van der Waals surface area contributed by atoms with Crippen LogP contribution in [0.25, 0.3) is 0 Å². The van der Waals surface area contributed by atoms with Crippen LogP contribution in [0.15, 0.2) is 18.2 Å². The number of carbonyl (C=O) groups excluding carboxylic acids is 2. The SMILES string of the molecule is CS[C@@H](C)C(=O)N1CCN(C(=O)c2ccc(Cl)cc2F)CC1. The van der Waals surface area contributed by atoms with Gasteiger partial charge in [-0.3, -0.25) is 9.59 Å². The largest absolute Gasteiger partial charge is 0.338 e.